The van der Waals surface area contributed by atoms with Crippen LogP contribution in [0.5, 0.6) is 5.75 Å². The fraction of sp³-hybridized carbons (Fsp3) is 0.182. The zero-order chi connectivity index (χ0) is 13.7. The lowest BCUT2D eigenvalue weighted by Gasteiger charge is -2.10. The van der Waals surface area contributed by atoms with E-state index < -0.39 is 5.91 Å². The van der Waals surface area contributed by atoms with E-state index in [9.17, 15) is 4.79 Å². The molecule has 0 spiro atoms. The molecule has 2 rings (SSSR count). The lowest BCUT2D eigenvalue weighted by molar-refractivity contribution is -0.115. The van der Waals surface area contributed by atoms with E-state index in [1.54, 1.807) is 24.3 Å². The van der Waals surface area contributed by atoms with Gasteiger partial charge in [0, 0.05) is 0 Å². The van der Waals surface area contributed by atoms with Gasteiger partial charge in [0.15, 0.2) is 0 Å². The first-order valence-electron chi connectivity index (χ1n) is 5.33. The van der Waals surface area contributed by atoms with Crippen LogP contribution in [-0.2, 0) is 4.79 Å². The van der Waals surface area contributed by atoms with E-state index in [2.05, 4.69) is 20.8 Å². The summed E-state index contributed by atoms with van der Waals surface area (Å²) in [6.07, 6.45) is 1.21. The third-order valence-electron chi connectivity index (χ3n) is 2.31. The zero-order valence-corrected chi connectivity index (χ0v) is 10.1. The van der Waals surface area contributed by atoms with Crippen LogP contribution in [0, 0.1) is 11.3 Å². The number of nitriles is 1. The maximum Gasteiger partial charge on any atom is 0.238 e. The topological polar surface area (TPSA) is 106 Å². The zero-order valence-electron chi connectivity index (χ0n) is 10.1. The van der Waals surface area contributed by atoms with E-state index in [0.717, 1.165) is 0 Å². The van der Waals surface area contributed by atoms with Crippen molar-refractivity contribution in [3.8, 4) is 17.5 Å². The van der Waals surface area contributed by atoms with Crippen molar-refractivity contribution in [1.29, 1.82) is 5.26 Å². The van der Waals surface area contributed by atoms with Crippen LogP contribution in [0.25, 0.3) is 5.69 Å². The molecule has 2 aromatic rings. The van der Waals surface area contributed by atoms with Gasteiger partial charge >= 0.3 is 0 Å². The molecule has 1 aromatic carbocycles. The Bertz CT molecular complexity index is 617. The van der Waals surface area contributed by atoms with Crippen LogP contribution in [0.1, 0.15) is 6.42 Å². The van der Waals surface area contributed by atoms with Gasteiger partial charge in [-0.05, 0) is 28.6 Å². The van der Waals surface area contributed by atoms with Gasteiger partial charge in [0.25, 0.3) is 0 Å². The molecule has 0 fully saturated rings. The standard InChI is InChI=1S/C11H10N6O2/c1-19-10-3-2-8(17-7-13-15-16-17)6-9(10)14-11(18)4-5-12/h2-3,6-7H,4H2,1H3,(H,14,18). The number of anilines is 1. The van der Waals surface area contributed by atoms with E-state index in [-0.39, 0.29) is 6.42 Å². The number of tetrazole rings is 1. The van der Waals surface area contributed by atoms with Crippen molar-refractivity contribution >= 4 is 11.6 Å². The van der Waals surface area contributed by atoms with Crippen molar-refractivity contribution in [3.05, 3.63) is 24.5 Å². The summed E-state index contributed by atoms with van der Waals surface area (Å²) < 4.78 is 6.58. The smallest absolute Gasteiger partial charge is 0.238 e. The average Bonchev–Trinajstić information content (AvgIpc) is 2.93. The molecule has 19 heavy (non-hydrogen) atoms. The summed E-state index contributed by atoms with van der Waals surface area (Å²) >= 11 is 0. The lowest BCUT2D eigenvalue weighted by Crippen LogP contribution is -2.11. The van der Waals surface area contributed by atoms with Crippen LogP contribution in [-0.4, -0.2) is 33.2 Å². The van der Waals surface area contributed by atoms with E-state index in [4.69, 9.17) is 10.00 Å². The predicted octanol–water partition coefficient (Wildman–Crippen LogP) is 0.523. The third-order valence-corrected chi connectivity index (χ3v) is 2.31. The van der Waals surface area contributed by atoms with Gasteiger partial charge in [-0.15, -0.1) is 5.10 Å². The van der Waals surface area contributed by atoms with Crippen LogP contribution < -0.4 is 10.1 Å². The molecule has 0 aliphatic rings. The number of ether oxygens (including phenoxy) is 1. The van der Waals surface area contributed by atoms with E-state index in [0.29, 0.717) is 17.1 Å². The van der Waals surface area contributed by atoms with Gasteiger partial charge in [0.05, 0.1) is 24.6 Å². The summed E-state index contributed by atoms with van der Waals surface area (Å²) in [6.45, 7) is 0. The van der Waals surface area contributed by atoms with Gasteiger partial charge in [-0.3, -0.25) is 4.79 Å². The molecule has 8 heteroatoms. The van der Waals surface area contributed by atoms with Crippen molar-refractivity contribution < 1.29 is 9.53 Å². The number of nitrogens with one attached hydrogen (secondary N) is 1. The molecule has 1 N–H and O–H groups in total. The highest BCUT2D eigenvalue weighted by Gasteiger charge is 2.09. The molecule has 0 unspecified atom stereocenters. The molecule has 96 valence electrons. The fourth-order valence-electron chi connectivity index (χ4n) is 1.48. The molecule has 0 saturated heterocycles. The van der Waals surface area contributed by atoms with Gasteiger partial charge in [0.2, 0.25) is 5.91 Å². The molecule has 0 radical (unpaired) electrons. The molecule has 1 aromatic heterocycles. The molecule has 0 atom stereocenters. The van der Waals surface area contributed by atoms with E-state index >= 15 is 0 Å². The molecular formula is C11H10N6O2. The number of nitrogens with zero attached hydrogens (tertiary/aromatic N) is 5. The highest BCUT2D eigenvalue weighted by Crippen LogP contribution is 2.26. The summed E-state index contributed by atoms with van der Waals surface area (Å²) in [4.78, 5) is 11.4. The van der Waals surface area contributed by atoms with Gasteiger partial charge in [-0.1, -0.05) is 0 Å². The van der Waals surface area contributed by atoms with Crippen LogP contribution >= 0.6 is 0 Å². The first-order valence-corrected chi connectivity index (χ1v) is 5.33. The highest BCUT2D eigenvalue weighted by molar-refractivity contribution is 5.93. The second-order valence-electron chi connectivity index (χ2n) is 3.52. The number of rotatable bonds is 4. The SMILES string of the molecule is COc1ccc(-n2cnnn2)cc1NC(=O)CC#N. The summed E-state index contributed by atoms with van der Waals surface area (Å²) in [5, 5.41) is 21.9. The minimum Gasteiger partial charge on any atom is -0.495 e. The maximum absolute atomic E-state index is 11.4. The van der Waals surface area contributed by atoms with Crippen molar-refractivity contribution in [2.75, 3.05) is 12.4 Å². The van der Waals surface area contributed by atoms with Gasteiger partial charge in [-0.2, -0.15) is 5.26 Å². The summed E-state index contributed by atoms with van der Waals surface area (Å²) in [5.41, 5.74) is 1.12. The second kappa shape index (κ2) is 5.59. The molecule has 0 bridgehead atoms. The maximum atomic E-state index is 11.4. The Kier molecular flexibility index (Phi) is 3.68. The van der Waals surface area contributed by atoms with Gasteiger partial charge < -0.3 is 10.1 Å². The average molecular weight is 258 g/mol. The minimum atomic E-state index is -0.408. The number of hydrogen-bond donors (Lipinski definition) is 1. The summed E-state index contributed by atoms with van der Waals surface area (Å²) in [7, 11) is 1.49. The monoisotopic (exact) mass is 258 g/mol. The third kappa shape index (κ3) is 2.84. The number of hydrogen-bond acceptors (Lipinski definition) is 6. The Morgan fingerprint density at radius 3 is 3.05 bits per heavy atom. The molecular weight excluding hydrogens is 248 g/mol. The summed E-state index contributed by atoms with van der Waals surface area (Å²) in [5.74, 6) is 0.0813. The normalized spacial score (nSPS) is 9.68. The molecule has 1 heterocycles. The fourth-order valence-corrected chi connectivity index (χ4v) is 1.48. The number of methoxy groups -OCH3 is 1. The second-order valence-corrected chi connectivity index (χ2v) is 3.52. The van der Waals surface area contributed by atoms with Crippen molar-refractivity contribution in [2.45, 2.75) is 6.42 Å². The number of carbonyl (C=O) groups is 1. The molecule has 1 amide bonds. The predicted molar refractivity (Wildman–Crippen MR) is 64.6 cm³/mol. The number of carbonyl (C=O) groups excluding carboxylic acids is 1. The van der Waals surface area contributed by atoms with Crippen LogP contribution in [0.3, 0.4) is 0 Å². The minimum absolute atomic E-state index is 0.224. The molecule has 0 saturated carbocycles. The van der Waals surface area contributed by atoms with E-state index in [1.807, 2.05) is 0 Å². The highest BCUT2D eigenvalue weighted by atomic mass is 16.5. The number of amides is 1. The van der Waals surface area contributed by atoms with Crippen molar-refractivity contribution in [3.63, 3.8) is 0 Å². The van der Waals surface area contributed by atoms with Crippen LogP contribution in [0.2, 0.25) is 0 Å². The quantitative estimate of drug-likeness (QED) is 0.857. The number of benzene rings is 1. The Morgan fingerprint density at radius 1 is 1.58 bits per heavy atom. The number of aromatic nitrogens is 4. The van der Waals surface area contributed by atoms with Gasteiger partial charge in [-0.25, -0.2) is 4.68 Å². The Labute approximate surface area is 108 Å². The first-order chi connectivity index (χ1) is 9.24. The van der Waals surface area contributed by atoms with Crippen LogP contribution in [0.4, 0.5) is 5.69 Å². The van der Waals surface area contributed by atoms with Crippen molar-refractivity contribution in [1.82, 2.24) is 20.2 Å². The van der Waals surface area contributed by atoms with Crippen molar-refractivity contribution in [2.24, 2.45) is 0 Å². The Hall–Kier alpha value is -2.95. The molecule has 0 aliphatic heterocycles. The largest absolute Gasteiger partial charge is 0.495 e. The van der Waals surface area contributed by atoms with Gasteiger partial charge in [0.1, 0.15) is 18.5 Å². The van der Waals surface area contributed by atoms with E-state index in [1.165, 1.54) is 18.1 Å². The first kappa shape index (κ1) is 12.5. The van der Waals surface area contributed by atoms with Crippen LogP contribution in [0.15, 0.2) is 24.5 Å². The summed E-state index contributed by atoms with van der Waals surface area (Å²) in [6, 6.07) is 6.86. The Morgan fingerprint density at radius 2 is 2.42 bits per heavy atom. The Balaban J connectivity index is 2.32. The molecule has 8 nitrogen and oxygen atoms in total. The lowest BCUT2D eigenvalue weighted by atomic mass is 10.2. The molecule has 0 aliphatic carbocycles.